The number of carbonyl (C=O) groups excluding carboxylic acids is 1. The van der Waals surface area contributed by atoms with Crippen molar-refractivity contribution >= 4 is 33.4 Å². The minimum Gasteiger partial charge on any atom is -0.356 e. The Morgan fingerprint density at radius 3 is 2.73 bits per heavy atom. The molecule has 1 aliphatic rings. The predicted molar refractivity (Wildman–Crippen MR) is 118 cm³/mol. The average molecular weight is 429 g/mol. The lowest BCUT2D eigenvalue weighted by Crippen LogP contribution is -2.42. The van der Waals surface area contributed by atoms with Crippen LogP contribution in [0.5, 0.6) is 0 Å². The Morgan fingerprint density at radius 2 is 2.03 bits per heavy atom. The van der Waals surface area contributed by atoms with Crippen molar-refractivity contribution in [3.63, 3.8) is 0 Å². The largest absolute Gasteiger partial charge is 0.356 e. The molecule has 2 N–H and O–H groups in total. The van der Waals surface area contributed by atoms with Gasteiger partial charge in [-0.3, -0.25) is 14.6 Å². The number of carbonyl (C=O) groups is 1. The fraction of sp³-hybridized carbons (Fsp3) is 0.409. The topological polar surface area (TPSA) is 78.1 Å². The number of H-pyrrole nitrogens is 1. The van der Waals surface area contributed by atoms with Gasteiger partial charge in [0.1, 0.15) is 10.5 Å². The number of anilines is 1. The first kappa shape index (κ1) is 20.5. The SMILES string of the molecule is CC(C)CNC(=O)C1CCN(c2nc3c(-c4ccccc4F)csc3c(=O)[nH]2)CC1. The van der Waals surface area contributed by atoms with Crippen molar-refractivity contribution in [1.29, 1.82) is 0 Å². The molecule has 0 saturated carbocycles. The van der Waals surface area contributed by atoms with E-state index in [1.807, 2.05) is 4.90 Å². The summed E-state index contributed by atoms with van der Waals surface area (Å²) < 4.78 is 14.8. The molecular formula is C22H25FN4O2S. The van der Waals surface area contributed by atoms with Gasteiger partial charge in [-0.15, -0.1) is 11.3 Å². The summed E-state index contributed by atoms with van der Waals surface area (Å²) in [5.74, 6) is 0.633. The molecule has 3 aromatic rings. The Bertz CT molecular complexity index is 1120. The molecule has 30 heavy (non-hydrogen) atoms. The number of nitrogens with zero attached hydrogens (tertiary/aromatic N) is 2. The number of thiophene rings is 1. The Morgan fingerprint density at radius 1 is 1.30 bits per heavy atom. The number of halogens is 1. The first-order valence-corrected chi connectivity index (χ1v) is 11.1. The van der Waals surface area contributed by atoms with Gasteiger partial charge in [-0.25, -0.2) is 9.37 Å². The molecule has 0 atom stereocenters. The van der Waals surface area contributed by atoms with Gasteiger partial charge < -0.3 is 10.2 Å². The molecular weight excluding hydrogens is 403 g/mol. The second-order valence-electron chi connectivity index (χ2n) is 8.10. The van der Waals surface area contributed by atoms with Crippen molar-refractivity contribution in [3.8, 4) is 11.1 Å². The van der Waals surface area contributed by atoms with Crippen LogP contribution in [0.15, 0.2) is 34.4 Å². The standard InChI is InChI=1S/C22H25FN4O2S/c1-13(2)11-24-20(28)14-7-9-27(10-8-14)22-25-18-16(12-30-19(18)21(29)26-22)15-5-3-4-6-17(15)23/h3-6,12-14H,7-11H2,1-2H3,(H,24,28)(H,25,26,29). The fourth-order valence-corrected chi connectivity index (χ4v) is 4.64. The molecule has 3 heterocycles. The minimum atomic E-state index is -0.339. The Kier molecular flexibility index (Phi) is 5.85. The third kappa shape index (κ3) is 4.09. The van der Waals surface area contributed by atoms with Crippen molar-refractivity contribution in [3.05, 3.63) is 45.8 Å². The van der Waals surface area contributed by atoms with Crippen LogP contribution in [0.1, 0.15) is 26.7 Å². The molecule has 8 heteroatoms. The maximum atomic E-state index is 14.3. The summed E-state index contributed by atoms with van der Waals surface area (Å²) in [7, 11) is 0. The van der Waals surface area contributed by atoms with Gasteiger partial charge in [0.05, 0.1) is 5.52 Å². The van der Waals surface area contributed by atoms with Crippen molar-refractivity contribution in [1.82, 2.24) is 15.3 Å². The van der Waals surface area contributed by atoms with Crippen molar-refractivity contribution in [2.24, 2.45) is 11.8 Å². The Hall–Kier alpha value is -2.74. The number of benzene rings is 1. The third-order valence-electron chi connectivity index (χ3n) is 5.43. The highest BCUT2D eigenvalue weighted by molar-refractivity contribution is 7.17. The van der Waals surface area contributed by atoms with Gasteiger partial charge in [0.15, 0.2) is 0 Å². The van der Waals surface area contributed by atoms with Crippen LogP contribution in [0.3, 0.4) is 0 Å². The van der Waals surface area contributed by atoms with E-state index in [1.165, 1.54) is 17.4 Å². The Labute approximate surface area is 178 Å². The van der Waals surface area contributed by atoms with Gasteiger partial charge in [-0.1, -0.05) is 32.0 Å². The molecule has 6 nitrogen and oxygen atoms in total. The van der Waals surface area contributed by atoms with E-state index >= 15 is 0 Å². The average Bonchev–Trinajstić information content (AvgIpc) is 3.17. The molecule has 1 aliphatic heterocycles. The van der Waals surface area contributed by atoms with E-state index in [9.17, 15) is 14.0 Å². The lowest BCUT2D eigenvalue weighted by molar-refractivity contribution is -0.125. The summed E-state index contributed by atoms with van der Waals surface area (Å²) in [6.07, 6.45) is 1.41. The van der Waals surface area contributed by atoms with E-state index in [4.69, 9.17) is 0 Å². The number of hydrogen-bond donors (Lipinski definition) is 2. The molecule has 0 spiro atoms. The highest BCUT2D eigenvalue weighted by Crippen LogP contribution is 2.33. The zero-order valence-corrected chi connectivity index (χ0v) is 17.9. The maximum absolute atomic E-state index is 14.3. The minimum absolute atomic E-state index is 0.0226. The molecule has 1 amide bonds. The zero-order valence-electron chi connectivity index (χ0n) is 17.1. The molecule has 2 aromatic heterocycles. The van der Waals surface area contributed by atoms with Gasteiger partial charge in [0.2, 0.25) is 11.9 Å². The van der Waals surface area contributed by atoms with E-state index in [0.29, 0.717) is 65.7 Å². The number of fused-ring (bicyclic) bond motifs is 1. The second kappa shape index (κ2) is 8.55. The number of amides is 1. The molecule has 1 saturated heterocycles. The number of rotatable bonds is 5. The molecule has 4 rings (SSSR count). The smallest absolute Gasteiger partial charge is 0.270 e. The fourth-order valence-electron chi connectivity index (χ4n) is 3.74. The molecule has 0 unspecified atom stereocenters. The van der Waals surface area contributed by atoms with Gasteiger partial charge in [-0.2, -0.15) is 0 Å². The van der Waals surface area contributed by atoms with Crippen LogP contribution >= 0.6 is 11.3 Å². The van der Waals surface area contributed by atoms with Gasteiger partial charge in [0, 0.05) is 42.1 Å². The summed E-state index contributed by atoms with van der Waals surface area (Å²) in [6.45, 7) is 6.09. The number of hydrogen-bond acceptors (Lipinski definition) is 5. The van der Waals surface area contributed by atoms with Crippen molar-refractivity contribution in [2.45, 2.75) is 26.7 Å². The van der Waals surface area contributed by atoms with E-state index in [0.717, 1.165) is 0 Å². The molecule has 0 aliphatic carbocycles. The molecule has 1 aromatic carbocycles. The summed E-state index contributed by atoms with van der Waals surface area (Å²) in [5, 5.41) is 4.78. The van der Waals surface area contributed by atoms with Gasteiger partial charge >= 0.3 is 0 Å². The van der Waals surface area contributed by atoms with Crippen LogP contribution in [0, 0.1) is 17.7 Å². The van der Waals surface area contributed by atoms with Crippen molar-refractivity contribution in [2.75, 3.05) is 24.5 Å². The first-order valence-electron chi connectivity index (χ1n) is 10.2. The van der Waals surface area contributed by atoms with E-state index in [2.05, 4.69) is 29.1 Å². The lowest BCUT2D eigenvalue weighted by Gasteiger charge is -2.31. The van der Waals surface area contributed by atoms with Crippen LogP contribution < -0.4 is 15.8 Å². The lowest BCUT2D eigenvalue weighted by atomic mass is 9.96. The molecule has 1 fully saturated rings. The van der Waals surface area contributed by atoms with Crippen LogP contribution in [-0.2, 0) is 4.79 Å². The third-order valence-corrected chi connectivity index (χ3v) is 6.40. The van der Waals surface area contributed by atoms with Crippen molar-refractivity contribution < 1.29 is 9.18 Å². The number of nitrogens with one attached hydrogen (secondary N) is 2. The van der Waals surface area contributed by atoms with E-state index in [1.54, 1.807) is 23.6 Å². The summed E-state index contributed by atoms with van der Waals surface area (Å²) in [4.78, 5) is 34.5. The zero-order chi connectivity index (χ0) is 21.3. The number of aromatic nitrogens is 2. The van der Waals surface area contributed by atoms with E-state index in [-0.39, 0.29) is 23.2 Å². The summed E-state index contributed by atoms with van der Waals surface area (Å²) >= 11 is 1.27. The highest BCUT2D eigenvalue weighted by Gasteiger charge is 2.26. The Balaban J connectivity index is 1.56. The molecule has 158 valence electrons. The van der Waals surface area contributed by atoms with Crippen LogP contribution in [0.2, 0.25) is 0 Å². The summed E-state index contributed by atoms with van der Waals surface area (Å²) in [6, 6.07) is 6.51. The number of piperidine rings is 1. The summed E-state index contributed by atoms with van der Waals surface area (Å²) in [5.41, 5.74) is 1.36. The van der Waals surface area contributed by atoms with E-state index < -0.39 is 0 Å². The first-order chi connectivity index (χ1) is 14.4. The number of aromatic amines is 1. The second-order valence-corrected chi connectivity index (χ2v) is 8.98. The quantitative estimate of drug-likeness (QED) is 0.648. The maximum Gasteiger partial charge on any atom is 0.270 e. The predicted octanol–water partition coefficient (Wildman–Crippen LogP) is 3.78. The monoisotopic (exact) mass is 428 g/mol. The highest BCUT2D eigenvalue weighted by atomic mass is 32.1. The molecule has 0 bridgehead atoms. The normalized spacial score (nSPS) is 15.1. The van der Waals surface area contributed by atoms with Crippen LogP contribution in [0.4, 0.5) is 10.3 Å². The van der Waals surface area contributed by atoms with Gasteiger partial charge in [0.25, 0.3) is 5.56 Å². The van der Waals surface area contributed by atoms with Gasteiger partial charge in [-0.05, 0) is 24.8 Å². The van der Waals surface area contributed by atoms with Crippen LogP contribution in [-0.4, -0.2) is 35.5 Å². The van der Waals surface area contributed by atoms with Crippen LogP contribution in [0.25, 0.3) is 21.3 Å². The molecule has 0 radical (unpaired) electrons.